The molecule has 6 nitrogen and oxygen atoms in total. The molecule has 0 fully saturated rings. The van der Waals surface area contributed by atoms with Crippen molar-refractivity contribution in [2.75, 3.05) is 37.9 Å². The average Bonchev–Trinajstić information content (AvgIpc) is 2.29. The molecule has 2 N–H and O–H groups in total. The summed E-state index contributed by atoms with van der Waals surface area (Å²) in [7, 11) is 5.03. The summed E-state index contributed by atoms with van der Waals surface area (Å²) >= 11 is 5.95. The summed E-state index contributed by atoms with van der Waals surface area (Å²) in [6.45, 7) is 0.191. The van der Waals surface area contributed by atoms with Crippen LogP contribution in [0.15, 0.2) is 6.20 Å². The Bertz CT molecular complexity index is 384. The zero-order chi connectivity index (χ0) is 12.1. The van der Waals surface area contributed by atoms with Gasteiger partial charge in [-0.05, 0) is 0 Å². The maximum atomic E-state index is 11.2. The van der Waals surface area contributed by atoms with E-state index < -0.39 is 0 Å². The van der Waals surface area contributed by atoms with Crippen LogP contribution in [-0.2, 0) is 4.79 Å². The molecule has 1 amide bonds. The van der Waals surface area contributed by atoms with E-state index in [1.807, 2.05) is 0 Å². The first-order chi connectivity index (χ1) is 7.58. The van der Waals surface area contributed by atoms with E-state index in [0.29, 0.717) is 16.8 Å². The van der Waals surface area contributed by atoms with Gasteiger partial charge in [0.25, 0.3) is 0 Å². The molecular weight excluding hydrogens is 230 g/mol. The van der Waals surface area contributed by atoms with Crippen LogP contribution in [0.1, 0.15) is 0 Å². The Morgan fingerprint density at radius 3 is 2.81 bits per heavy atom. The molecule has 1 aromatic heterocycles. The van der Waals surface area contributed by atoms with E-state index in [4.69, 9.17) is 11.6 Å². The summed E-state index contributed by atoms with van der Waals surface area (Å²) in [6.07, 6.45) is 1.50. The molecule has 0 spiro atoms. The van der Waals surface area contributed by atoms with Gasteiger partial charge < -0.3 is 15.5 Å². The number of carbonyl (C=O) groups excluding carboxylic acids is 1. The quantitative estimate of drug-likeness (QED) is 0.799. The molecule has 1 rings (SSSR count). The van der Waals surface area contributed by atoms with Crippen LogP contribution in [0.3, 0.4) is 0 Å². The number of nitrogens with zero attached hydrogens (tertiary/aromatic N) is 3. The van der Waals surface area contributed by atoms with Gasteiger partial charge in [0, 0.05) is 21.1 Å². The number of hydrogen-bond acceptors (Lipinski definition) is 5. The zero-order valence-corrected chi connectivity index (χ0v) is 10.2. The lowest BCUT2D eigenvalue weighted by Crippen LogP contribution is -2.33. The minimum Gasteiger partial charge on any atom is -0.358 e. The van der Waals surface area contributed by atoms with Gasteiger partial charge in [0.05, 0.1) is 12.7 Å². The van der Waals surface area contributed by atoms with Gasteiger partial charge in [-0.15, -0.1) is 0 Å². The van der Waals surface area contributed by atoms with Crippen LogP contribution in [-0.4, -0.2) is 43.6 Å². The fourth-order valence-electron chi connectivity index (χ4n) is 1.12. The second-order valence-electron chi connectivity index (χ2n) is 3.14. The topological polar surface area (TPSA) is 70.2 Å². The van der Waals surface area contributed by atoms with Gasteiger partial charge in [-0.1, -0.05) is 11.6 Å². The highest BCUT2D eigenvalue weighted by Gasteiger charge is 2.12. The summed E-state index contributed by atoms with van der Waals surface area (Å²) in [5, 5.41) is 5.75. The molecule has 0 radical (unpaired) electrons. The summed E-state index contributed by atoms with van der Waals surface area (Å²) in [5.41, 5.74) is 0. The van der Waals surface area contributed by atoms with Crippen molar-refractivity contribution in [2.24, 2.45) is 0 Å². The third-order valence-electron chi connectivity index (χ3n) is 1.97. The van der Waals surface area contributed by atoms with Crippen molar-refractivity contribution in [1.82, 2.24) is 15.3 Å². The van der Waals surface area contributed by atoms with Crippen molar-refractivity contribution in [1.29, 1.82) is 0 Å². The van der Waals surface area contributed by atoms with Crippen LogP contribution in [0.25, 0.3) is 0 Å². The van der Waals surface area contributed by atoms with E-state index in [9.17, 15) is 4.79 Å². The minimum absolute atomic E-state index is 0.108. The number of likely N-dealkylation sites (N-methyl/N-ethyl adjacent to an activating group) is 2. The third-order valence-corrected chi connectivity index (χ3v) is 2.24. The maximum Gasteiger partial charge on any atom is 0.239 e. The van der Waals surface area contributed by atoms with Gasteiger partial charge >= 0.3 is 0 Å². The van der Waals surface area contributed by atoms with Crippen molar-refractivity contribution in [3.8, 4) is 0 Å². The Kier molecular flexibility index (Phi) is 4.30. The van der Waals surface area contributed by atoms with Gasteiger partial charge in [-0.25, -0.2) is 4.98 Å². The zero-order valence-electron chi connectivity index (χ0n) is 9.41. The number of hydrogen-bond donors (Lipinski definition) is 2. The largest absolute Gasteiger partial charge is 0.358 e. The Balaban J connectivity index is 2.88. The Hall–Kier alpha value is -1.56. The Morgan fingerprint density at radius 1 is 1.56 bits per heavy atom. The smallest absolute Gasteiger partial charge is 0.239 e. The van der Waals surface area contributed by atoms with Gasteiger partial charge in [-0.3, -0.25) is 4.79 Å². The fraction of sp³-hybridized carbons (Fsp3) is 0.444. The van der Waals surface area contributed by atoms with E-state index in [1.54, 1.807) is 26.0 Å². The summed E-state index contributed by atoms with van der Waals surface area (Å²) < 4.78 is 0. The predicted octanol–water partition coefficient (Wildman–Crippen LogP) is 0.354. The highest BCUT2D eigenvalue weighted by atomic mass is 35.5. The minimum atomic E-state index is -0.108. The van der Waals surface area contributed by atoms with E-state index in [0.717, 1.165) is 0 Å². The first-order valence-corrected chi connectivity index (χ1v) is 5.08. The van der Waals surface area contributed by atoms with Crippen molar-refractivity contribution in [2.45, 2.75) is 0 Å². The fourth-order valence-corrected chi connectivity index (χ4v) is 1.35. The van der Waals surface area contributed by atoms with Crippen LogP contribution < -0.4 is 15.5 Å². The highest BCUT2D eigenvalue weighted by Crippen LogP contribution is 2.22. The molecule has 0 atom stereocenters. The lowest BCUT2D eigenvalue weighted by molar-refractivity contribution is -0.119. The van der Waals surface area contributed by atoms with E-state index >= 15 is 0 Å². The predicted molar refractivity (Wildman–Crippen MR) is 63.9 cm³/mol. The molecule has 7 heteroatoms. The molecular formula is C9H14ClN5O. The molecule has 0 bridgehead atoms. The first kappa shape index (κ1) is 12.5. The molecule has 0 aliphatic carbocycles. The van der Waals surface area contributed by atoms with Crippen molar-refractivity contribution < 1.29 is 4.79 Å². The number of anilines is 2. The van der Waals surface area contributed by atoms with Crippen molar-refractivity contribution in [3.63, 3.8) is 0 Å². The molecule has 0 aliphatic rings. The summed E-state index contributed by atoms with van der Waals surface area (Å²) in [6, 6.07) is 0. The monoisotopic (exact) mass is 243 g/mol. The number of aromatic nitrogens is 2. The third kappa shape index (κ3) is 2.96. The SMILES string of the molecule is CNC(=O)CN(C)c1nc(NC)ncc1Cl. The van der Waals surface area contributed by atoms with Gasteiger partial charge in [-0.2, -0.15) is 4.98 Å². The van der Waals surface area contributed by atoms with E-state index in [-0.39, 0.29) is 12.5 Å². The maximum absolute atomic E-state index is 11.2. The summed E-state index contributed by atoms with van der Waals surface area (Å²) in [4.78, 5) is 21.0. The van der Waals surface area contributed by atoms with Crippen molar-refractivity contribution >= 4 is 29.3 Å². The summed E-state index contributed by atoms with van der Waals surface area (Å²) in [5.74, 6) is 0.871. The molecule has 88 valence electrons. The number of rotatable bonds is 4. The lowest BCUT2D eigenvalue weighted by Gasteiger charge is -2.18. The Morgan fingerprint density at radius 2 is 2.25 bits per heavy atom. The molecule has 1 heterocycles. The normalized spacial score (nSPS) is 9.75. The highest BCUT2D eigenvalue weighted by molar-refractivity contribution is 6.32. The standard InChI is InChI=1S/C9H14ClN5O/c1-11-7(16)5-15(3)8-6(10)4-13-9(12-2)14-8/h4H,5H2,1-3H3,(H,11,16)(H,12,13,14). The lowest BCUT2D eigenvalue weighted by atomic mass is 10.4. The molecule has 0 saturated heterocycles. The number of nitrogens with one attached hydrogen (secondary N) is 2. The second kappa shape index (κ2) is 5.50. The van der Waals surface area contributed by atoms with Crippen molar-refractivity contribution in [3.05, 3.63) is 11.2 Å². The Labute approximate surface area is 99.0 Å². The van der Waals surface area contributed by atoms with Gasteiger partial charge in [0.15, 0.2) is 5.82 Å². The van der Waals surface area contributed by atoms with Crippen LogP contribution in [0, 0.1) is 0 Å². The van der Waals surface area contributed by atoms with Gasteiger partial charge in [0.1, 0.15) is 5.02 Å². The molecule has 0 unspecified atom stereocenters. The molecule has 16 heavy (non-hydrogen) atoms. The molecule has 0 aliphatic heterocycles. The number of amides is 1. The first-order valence-electron chi connectivity index (χ1n) is 4.70. The van der Waals surface area contributed by atoms with E-state index in [1.165, 1.54) is 6.20 Å². The van der Waals surface area contributed by atoms with Crippen LogP contribution in [0.4, 0.5) is 11.8 Å². The van der Waals surface area contributed by atoms with Crippen LogP contribution in [0.2, 0.25) is 5.02 Å². The molecule has 0 aromatic carbocycles. The average molecular weight is 244 g/mol. The number of halogens is 1. The second-order valence-corrected chi connectivity index (χ2v) is 3.55. The van der Waals surface area contributed by atoms with E-state index in [2.05, 4.69) is 20.6 Å². The molecule has 0 saturated carbocycles. The van der Waals surface area contributed by atoms with Gasteiger partial charge in [0.2, 0.25) is 11.9 Å². The van der Waals surface area contributed by atoms with Crippen LogP contribution >= 0.6 is 11.6 Å². The molecule has 1 aromatic rings. The number of carbonyl (C=O) groups is 1. The van der Waals surface area contributed by atoms with Crippen LogP contribution in [0.5, 0.6) is 0 Å².